The first-order valence-electron chi connectivity index (χ1n) is 8.66. The van der Waals surface area contributed by atoms with Gasteiger partial charge in [0.1, 0.15) is 5.82 Å². The van der Waals surface area contributed by atoms with Gasteiger partial charge in [-0.25, -0.2) is 4.98 Å². The molecule has 0 saturated carbocycles. The Morgan fingerprint density at radius 3 is 1.96 bits per heavy atom. The lowest BCUT2D eigenvalue weighted by Gasteiger charge is -2.10. The van der Waals surface area contributed by atoms with E-state index in [2.05, 4.69) is 64.6 Å². The molecule has 3 rings (SSSR count). The Kier molecular flexibility index (Phi) is 5.29. The fourth-order valence-corrected chi connectivity index (χ4v) is 3.12. The van der Waals surface area contributed by atoms with E-state index in [-0.39, 0.29) is 5.95 Å². The summed E-state index contributed by atoms with van der Waals surface area (Å²) in [6.07, 6.45) is 4.60. The second kappa shape index (κ2) is 7.79. The zero-order valence-electron chi connectivity index (χ0n) is 14.6. The maximum absolute atomic E-state index is 6.01. The van der Waals surface area contributed by atoms with Crippen molar-refractivity contribution in [2.24, 2.45) is 0 Å². The van der Waals surface area contributed by atoms with E-state index in [9.17, 15) is 0 Å². The normalized spacial score (nSPS) is 10.8. The first-order valence-corrected chi connectivity index (χ1v) is 8.66. The lowest BCUT2D eigenvalue weighted by Crippen LogP contribution is -2.04. The van der Waals surface area contributed by atoms with Crippen molar-refractivity contribution in [1.82, 2.24) is 9.97 Å². The second-order valence-electron chi connectivity index (χ2n) is 6.32. The van der Waals surface area contributed by atoms with Crippen LogP contribution >= 0.6 is 0 Å². The van der Waals surface area contributed by atoms with Gasteiger partial charge in [-0.15, -0.1) is 0 Å². The van der Waals surface area contributed by atoms with Crippen LogP contribution in [-0.4, -0.2) is 9.97 Å². The summed E-state index contributed by atoms with van der Waals surface area (Å²) >= 11 is 0. The standard InChI is InChI=1S/C21H24N4/c1-15-19(20(22)25-21(23)24-15)18-13-11-17(12-14-18)10-6-5-9-16-7-3-2-4-8-16/h2-4,7-8,11-14H,5-6,9-10H2,1H3,(H4,22,23,24,25). The summed E-state index contributed by atoms with van der Waals surface area (Å²) in [5, 5.41) is 0. The molecule has 25 heavy (non-hydrogen) atoms. The van der Waals surface area contributed by atoms with Gasteiger partial charge in [-0.2, -0.15) is 4.98 Å². The number of anilines is 2. The molecule has 1 heterocycles. The van der Waals surface area contributed by atoms with E-state index < -0.39 is 0 Å². The molecule has 0 bridgehead atoms. The van der Waals surface area contributed by atoms with E-state index in [0.717, 1.165) is 29.7 Å². The SMILES string of the molecule is Cc1nc(N)nc(N)c1-c1ccc(CCCCc2ccccc2)cc1. The lowest BCUT2D eigenvalue weighted by molar-refractivity contribution is 0.734. The molecule has 4 heteroatoms. The number of nitrogens with two attached hydrogens (primary N) is 2. The monoisotopic (exact) mass is 332 g/mol. The number of aromatic nitrogens is 2. The third-order valence-corrected chi connectivity index (χ3v) is 4.40. The van der Waals surface area contributed by atoms with Gasteiger partial charge in [0.05, 0.1) is 5.69 Å². The van der Waals surface area contributed by atoms with Crippen LogP contribution in [0.5, 0.6) is 0 Å². The summed E-state index contributed by atoms with van der Waals surface area (Å²) in [7, 11) is 0. The molecule has 4 nitrogen and oxygen atoms in total. The molecule has 0 aliphatic carbocycles. The Balaban J connectivity index is 1.59. The maximum Gasteiger partial charge on any atom is 0.222 e. The third kappa shape index (κ3) is 4.35. The molecule has 0 aliphatic heterocycles. The van der Waals surface area contributed by atoms with E-state index >= 15 is 0 Å². The molecule has 1 aromatic heterocycles. The fourth-order valence-electron chi connectivity index (χ4n) is 3.12. The van der Waals surface area contributed by atoms with E-state index in [1.807, 2.05) is 6.92 Å². The van der Waals surface area contributed by atoms with Gasteiger partial charge in [-0.05, 0) is 49.3 Å². The van der Waals surface area contributed by atoms with E-state index in [4.69, 9.17) is 11.5 Å². The molecule has 0 spiro atoms. The van der Waals surface area contributed by atoms with Crippen LogP contribution in [0, 0.1) is 6.92 Å². The molecule has 0 atom stereocenters. The summed E-state index contributed by atoms with van der Waals surface area (Å²) in [5.74, 6) is 0.648. The van der Waals surface area contributed by atoms with Crippen molar-refractivity contribution in [3.05, 3.63) is 71.4 Å². The van der Waals surface area contributed by atoms with Crippen LogP contribution in [0.25, 0.3) is 11.1 Å². The quantitative estimate of drug-likeness (QED) is 0.664. The summed E-state index contributed by atoms with van der Waals surface area (Å²) in [6.45, 7) is 1.90. The van der Waals surface area contributed by atoms with Crippen LogP contribution < -0.4 is 11.5 Å². The van der Waals surface area contributed by atoms with Gasteiger partial charge in [0, 0.05) is 5.56 Å². The largest absolute Gasteiger partial charge is 0.383 e. The molecule has 3 aromatic rings. The molecule has 0 unspecified atom stereocenters. The van der Waals surface area contributed by atoms with E-state index in [1.54, 1.807) is 0 Å². The highest BCUT2D eigenvalue weighted by molar-refractivity contribution is 5.76. The summed E-state index contributed by atoms with van der Waals surface area (Å²) in [6, 6.07) is 19.1. The van der Waals surface area contributed by atoms with Crippen LogP contribution in [-0.2, 0) is 12.8 Å². The predicted octanol–water partition coefficient (Wildman–Crippen LogP) is 4.18. The van der Waals surface area contributed by atoms with Crippen LogP contribution in [0.4, 0.5) is 11.8 Å². The molecule has 128 valence electrons. The number of unbranched alkanes of at least 4 members (excludes halogenated alkanes) is 1. The highest BCUT2D eigenvalue weighted by atomic mass is 15.0. The summed E-state index contributed by atoms with van der Waals surface area (Å²) in [4.78, 5) is 8.28. The Morgan fingerprint density at radius 1 is 0.760 bits per heavy atom. The second-order valence-corrected chi connectivity index (χ2v) is 6.32. The van der Waals surface area contributed by atoms with Crippen LogP contribution in [0.1, 0.15) is 29.7 Å². The van der Waals surface area contributed by atoms with Crippen molar-refractivity contribution in [1.29, 1.82) is 0 Å². The predicted molar refractivity (Wildman–Crippen MR) is 104 cm³/mol. The Morgan fingerprint density at radius 2 is 1.36 bits per heavy atom. The van der Waals surface area contributed by atoms with Gasteiger partial charge in [0.15, 0.2) is 0 Å². The van der Waals surface area contributed by atoms with Crippen molar-refractivity contribution in [3.63, 3.8) is 0 Å². The zero-order chi connectivity index (χ0) is 17.6. The fraction of sp³-hybridized carbons (Fsp3) is 0.238. The topological polar surface area (TPSA) is 77.8 Å². The molecule has 0 saturated heterocycles. The number of aryl methyl sites for hydroxylation is 3. The number of benzene rings is 2. The molecular weight excluding hydrogens is 308 g/mol. The first-order chi connectivity index (χ1) is 12.1. The van der Waals surface area contributed by atoms with Crippen LogP contribution in [0.3, 0.4) is 0 Å². The van der Waals surface area contributed by atoms with Crippen molar-refractivity contribution in [2.45, 2.75) is 32.6 Å². The minimum absolute atomic E-state index is 0.216. The molecule has 0 fully saturated rings. The number of hydrogen-bond acceptors (Lipinski definition) is 4. The smallest absolute Gasteiger partial charge is 0.222 e. The highest BCUT2D eigenvalue weighted by Gasteiger charge is 2.10. The third-order valence-electron chi connectivity index (χ3n) is 4.40. The average molecular weight is 332 g/mol. The Hall–Kier alpha value is -2.88. The number of nitrogen functional groups attached to an aromatic ring is 2. The number of hydrogen-bond donors (Lipinski definition) is 2. The molecule has 2 aromatic carbocycles. The first kappa shape index (κ1) is 17.0. The zero-order valence-corrected chi connectivity index (χ0v) is 14.6. The van der Waals surface area contributed by atoms with Gasteiger partial charge in [-0.3, -0.25) is 0 Å². The lowest BCUT2D eigenvalue weighted by atomic mass is 10.00. The Bertz CT molecular complexity index is 803. The van der Waals surface area contributed by atoms with Crippen molar-refractivity contribution < 1.29 is 0 Å². The molecule has 0 radical (unpaired) electrons. The van der Waals surface area contributed by atoms with Crippen molar-refractivity contribution in [3.8, 4) is 11.1 Å². The summed E-state index contributed by atoms with van der Waals surface area (Å²) < 4.78 is 0. The highest BCUT2D eigenvalue weighted by Crippen LogP contribution is 2.28. The Labute approximate surface area is 148 Å². The van der Waals surface area contributed by atoms with Gasteiger partial charge in [0.25, 0.3) is 0 Å². The van der Waals surface area contributed by atoms with E-state index in [1.165, 1.54) is 24.0 Å². The molecule has 4 N–H and O–H groups in total. The van der Waals surface area contributed by atoms with Crippen molar-refractivity contribution >= 4 is 11.8 Å². The van der Waals surface area contributed by atoms with Crippen LogP contribution in [0.2, 0.25) is 0 Å². The minimum atomic E-state index is 0.216. The molecular formula is C21H24N4. The maximum atomic E-state index is 6.01. The average Bonchev–Trinajstić information content (AvgIpc) is 2.60. The van der Waals surface area contributed by atoms with Gasteiger partial charge >= 0.3 is 0 Å². The van der Waals surface area contributed by atoms with Gasteiger partial charge in [0.2, 0.25) is 5.95 Å². The van der Waals surface area contributed by atoms with E-state index in [0.29, 0.717) is 5.82 Å². The molecule has 0 amide bonds. The van der Waals surface area contributed by atoms with Crippen LogP contribution in [0.15, 0.2) is 54.6 Å². The number of rotatable bonds is 6. The van der Waals surface area contributed by atoms with Gasteiger partial charge in [-0.1, -0.05) is 54.6 Å². The number of nitrogens with zero attached hydrogens (tertiary/aromatic N) is 2. The minimum Gasteiger partial charge on any atom is -0.383 e. The summed E-state index contributed by atoms with van der Waals surface area (Å²) in [5.41, 5.74) is 17.1. The van der Waals surface area contributed by atoms with Gasteiger partial charge < -0.3 is 11.5 Å². The molecule has 0 aliphatic rings. The van der Waals surface area contributed by atoms with Crippen molar-refractivity contribution in [2.75, 3.05) is 11.5 Å².